The second-order valence-electron chi connectivity index (χ2n) is 2.58. The topological polar surface area (TPSA) is 46.3 Å². The quantitative estimate of drug-likeness (QED) is 0.435. The molecule has 3 heteroatoms. The zero-order valence-electron chi connectivity index (χ0n) is 7.25. The van der Waals surface area contributed by atoms with Gasteiger partial charge in [0.25, 0.3) is 0 Å². The number of carbonyl (C=O) groups is 1. The van der Waals surface area contributed by atoms with Gasteiger partial charge in [0.2, 0.25) is 6.41 Å². The lowest BCUT2D eigenvalue weighted by atomic mass is 10.2. The minimum absolute atomic E-state index is 0.757. The van der Waals surface area contributed by atoms with Crippen LogP contribution in [0.1, 0.15) is 26.2 Å². The molecule has 0 heterocycles. The summed E-state index contributed by atoms with van der Waals surface area (Å²) in [7, 11) is 0. The van der Waals surface area contributed by atoms with E-state index >= 15 is 0 Å². The Labute approximate surface area is 68.6 Å². The van der Waals surface area contributed by atoms with E-state index in [0.717, 1.165) is 45.3 Å². The van der Waals surface area contributed by atoms with Crippen molar-refractivity contribution in [2.75, 3.05) is 19.6 Å². The van der Waals surface area contributed by atoms with E-state index in [-0.39, 0.29) is 0 Å². The molecule has 0 aliphatic rings. The highest BCUT2D eigenvalue weighted by Crippen LogP contribution is 1.95. The Morgan fingerprint density at radius 1 is 1.36 bits per heavy atom. The molecule has 0 rings (SSSR count). The van der Waals surface area contributed by atoms with Gasteiger partial charge in [-0.3, -0.25) is 4.79 Å². The molecule has 0 saturated carbocycles. The average Bonchev–Trinajstić information content (AvgIpc) is 2.05. The highest BCUT2D eigenvalue weighted by atomic mass is 16.1. The van der Waals surface area contributed by atoms with Gasteiger partial charge >= 0.3 is 0 Å². The second-order valence-corrected chi connectivity index (χ2v) is 2.58. The van der Waals surface area contributed by atoms with E-state index in [0.29, 0.717) is 0 Å². The Morgan fingerprint density at radius 3 is 2.55 bits per heavy atom. The molecular formula is C8H18N2O. The van der Waals surface area contributed by atoms with Crippen LogP contribution in [0.25, 0.3) is 0 Å². The summed E-state index contributed by atoms with van der Waals surface area (Å²) in [5.41, 5.74) is 5.33. The Bertz CT molecular complexity index is 96.1. The summed E-state index contributed by atoms with van der Waals surface area (Å²) in [5.74, 6) is 0. The fourth-order valence-corrected chi connectivity index (χ4v) is 0.921. The highest BCUT2D eigenvalue weighted by Gasteiger charge is 1.95. The van der Waals surface area contributed by atoms with Crippen molar-refractivity contribution in [3.05, 3.63) is 0 Å². The van der Waals surface area contributed by atoms with Gasteiger partial charge < -0.3 is 10.6 Å². The number of amides is 1. The summed E-state index contributed by atoms with van der Waals surface area (Å²) < 4.78 is 0. The maximum atomic E-state index is 10.3. The largest absolute Gasteiger partial charge is 0.346 e. The van der Waals surface area contributed by atoms with Gasteiger partial charge in [-0.05, 0) is 26.3 Å². The summed E-state index contributed by atoms with van der Waals surface area (Å²) in [6.45, 7) is 4.43. The van der Waals surface area contributed by atoms with Crippen molar-refractivity contribution in [1.82, 2.24) is 4.90 Å². The molecule has 0 bridgehead atoms. The fourth-order valence-electron chi connectivity index (χ4n) is 0.921. The normalized spacial score (nSPS) is 9.64. The van der Waals surface area contributed by atoms with Crippen LogP contribution in [0.3, 0.4) is 0 Å². The van der Waals surface area contributed by atoms with Crippen molar-refractivity contribution >= 4 is 6.41 Å². The van der Waals surface area contributed by atoms with Crippen LogP contribution in [0.4, 0.5) is 0 Å². The number of nitrogens with zero attached hydrogens (tertiary/aromatic N) is 1. The molecule has 0 spiro atoms. The van der Waals surface area contributed by atoms with Gasteiger partial charge in [-0.1, -0.05) is 6.42 Å². The van der Waals surface area contributed by atoms with Crippen LogP contribution in [0.2, 0.25) is 0 Å². The van der Waals surface area contributed by atoms with Gasteiger partial charge in [0.05, 0.1) is 0 Å². The fraction of sp³-hybridized carbons (Fsp3) is 0.875. The Balaban J connectivity index is 3.14. The van der Waals surface area contributed by atoms with Gasteiger partial charge in [0.1, 0.15) is 0 Å². The zero-order valence-corrected chi connectivity index (χ0v) is 7.25. The number of hydrogen-bond donors (Lipinski definition) is 1. The van der Waals surface area contributed by atoms with Gasteiger partial charge in [0, 0.05) is 13.1 Å². The number of hydrogen-bond acceptors (Lipinski definition) is 2. The molecular weight excluding hydrogens is 140 g/mol. The maximum absolute atomic E-state index is 10.3. The van der Waals surface area contributed by atoms with Crippen LogP contribution in [0.5, 0.6) is 0 Å². The molecule has 2 N–H and O–H groups in total. The first-order valence-electron chi connectivity index (χ1n) is 4.24. The van der Waals surface area contributed by atoms with Gasteiger partial charge in [0.15, 0.2) is 0 Å². The molecule has 0 aliphatic carbocycles. The molecule has 66 valence electrons. The molecule has 0 radical (unpaired) electrons. The molecule has 0 aromatic rings. The van der Waals surface area contributed by atoms with Crippen LogP contribution in [0, 0.1) is 0 Å². The van der Waals surface area contributed by atoms with Gasteiger partial charge in [-0.15, -0.1) is 0 Å². The van der Waals surface area contributed by atoms with Crippen molar-refractivity contribution < 1.29 is 4.79 Å². The van der Waals surface area contributed by atoms with E-state index in [2.05, 4.69) is 0 Å². The number of nitrogens with two attached hydrogens (primary N) is 1. The molecule has 0 atom stereocenters. The molecule has 0 aromatic carbocycles. The van der Waals surface area contributed by atoms with Crippen molar-refractivity contribution in [2.24, 2.45) is 5.73 Å². The van der Waals surface area contributed by atoms with Crippen LogP contribution >= 0.6 is 0 Å². The molecule has 0 aromatic heterocycles. The Hall–Kier alpha value is -0.570. The first kappa shape index (κ1) is 10.4. The van der Waals surface area contributed by atoms with Gasteiger partial charge in [-0.2, -0.15) is 0 Å². The average molecular weight is 158 g/mol. The monoisotopic (exact) mass is 158 g/mol. The summed E-state index contributed by atoms with van der Waals surface area (Å²) in [6.07, 6.45) is 4.17. The van der Waals surface area contributed by atoms with Crippen molar-refractivity contribution in [1.29, 1.82) is 0 Å². The molecule has 0 saturated heterocycles. The molecule has 11 heavy (non-hydrogen) atoms. The lowest BCUT2D eigenvalue weighted by Gasteiger charge is -2.13. The third kappa shape index (κ3) is 5.85. The Morgan fingerprint density at radius 2 is 2.09 bits per heavy atom. The van der Waals surface area contributed by atoms with E-state index in [1.807, 2.05) is 6.92 Å². The SMILES string of the molecule is CCN(C=O)CCCCCN. The number of unbranched alkanes of at least 4 members (excludes halogenated alkanes) is 2. The molecule has 1 amide bonds. The number of rotatable bonds is 7. The van der Waals surface area contributed by atoms with Crippen molar-refractivity contribution in [3.8, 4) is 0 Å². The minimum Gasteiger partial charge on any atom is -0.346 e. The van der Waals surface area contributed by atoms with E-state index in [1.54, 1.807) is 4.90 Å². The summed E-state index contributed by atoms with van der Waals surface area (Å²) in [4.78, 5) is 12.1. The molecule has 3 nitrogen and oxygen atoms in total. The molecule has 0 aliphatic heterocycles. The third-order valence-corrected chi connectivity index (χ3v) is 1.70. The minimum atomic E-state index is 0.757. The standard InChI is InChI=1S/C8H18N2O/c1-2-10(8-11)7-5-3-4-6-9/h8H,2-7,9H2,1H3. The third-order valence-electron chi connectivity index (χ3n) is 1.70. The first-order valence-corrected chi connectivity index (χ1v) is 4.24. The van der Waals surface area contributed by atoms with Crippen LogP contribution in [-0.2, 0) is 4.79 Å². The molecule has 0 unspecified atom stereocenters. The predicted molar refractivity (Wildman–Crippen MR) is 46.2 cm³/mol. The van der Waals surface area contributed by atoms with Crippen LogP contribution in [0.15, 0.2) is 0 Å². The van der Waals surface area contributed by atoms with E-state index in [4.69, 9.17) is 5.73 Å². The first-order chi connectivity index (χ1) is 5.35. The van der Waals surface area contributed by atoms with Crippen molar-refractivity contribution in [2.45, 2.75) is 26.2 Å². The smallest absolute Gasteiger partial charge is 0.209 e. The van der Waals surface area contributed by atoms with Crippen LogP contribution < -0.4 is 5.73 Å². The molecule has 0 fully saturated rings. The summed E-state index contributed by atoms with van der Waals surface area (Å²) >= 11 is 0. The summed E-state index contributed by atoms with van der Waals surface area (Å²) in [6, 6.07) is 0. The van der Waals surface area contributed by atoms with E-state index in [1.165, 1.54) is 0 Å². The maximum Gasteiger partial charge on any atom is 0.209 e. The van der Waals surface area contributed by atoms with E-state index in [9.17, 15) is 4.79 Å². The zero-order chi connectivity index (χ0) is 8.53. The lowest BCUT2D eigenvalue weighted by Crippen LogP contribution is -2.22. The van der Waals surface area contributed by atoms with Gasteiger partial charge in [-0.25, -0.2) is 0 Å². The van der Waals surface area contributed by atoms with Crippen molar-refractivity contribution in [3.63, 3.8) is 0 Å². The number of carbonyl (C=O) groups excluding carboxylic acids is 1. The van der Waals surface area contributed by atoms with Crippen LogP contribution in [-0.4, -0.2) is 30.9 Å². The summed E-state index contributed by atoms with van der Waals surface area (Å²) in [5, 5.41) is 0. The lowest BCUT2D eigenvalue weighted by molar-refractivity contribution is -0.118. The second kappa shape index (κ2) is 7.54. The predicted octanol–water partition coefficient (Wildman–Crippen LogP) is 0.594. The highest BCUT2D eigenvalue weighted by molar-refractivity contribution is 5.46. The van der Waals surface area contributed by atoms with E-state index < -0.39 is 0 Å². The Kier molecular flexibility index (Phi) is 7.15.